The molecule has 0 N–H and O–H groups in total. The van der Waals surface area contributed by atoms with Crippen LogP contribution in [0.1, 0.15) is 11.1 Å². The van der Waals surface area contributed by atoms with Gasteiger partial charge < -0.3 is 0 Å². The van der Waals surface area contributed by atoms with Crippen LogP contribution in [-0.2, 0) is 7.05 Å². The summed E-state index contributed by atoms with van der Waals surface area (Å²) in [5, 5.41) is 0.632. The van der Waals surface area contributed by atoms with Crippen molar-refractivity contribution < 1.29 is 0 Å². The van der Waals surface area contributed by atoms with E-state index < -0.39 is 0 Å². The molecular weight excluding hydrogens is 260 g/mol. The Morgan fingerprint density at radius 2 is 1.90 bits per heavy atom. The summed E-state index contributed by atoms with van der Waals surface area (Å²) in [6, 6.07) is 13.6. The number of hydrogen-bond donors (Lipinski definition) is 0. The maximum atomic E-state index is 12.6. The number of nitrogens with zero attached hydrogens (tertiary/aromatic N) is 2. The summed E-state index contributed by atoms with van der Waals surface area (Å²) in [5.41, 5.74) is 3.52. The van der Waals surface area contributed by atoms with Gasteiger partial charge in [0, 0.05) is 18.2 Å². The lowest BCUT2D eigenvalue weighted by Crippen LogP contribution is -2.20. The Hall–Kier alpha value is -2.68. The van der Waals surface area contributed by atoms with E-state index in [1.165, 1.54) is 0 Å². The quantitative estimate of drug-likeness (QED) is 0.717. The first-order valence-corrected chi connectivity index (χ1v) is 6.81. The Bertz CT molecular complexity index is 892. The minimum atomic E-state index is -0.0364. The number of benzene rings is 2. The zero-order valence-corrected chi connectivity index (χ0v) is 12.1. The molecular formula is C18H16N2O. The van der Waals surface area contributed by atoms with Crippen LogP contribution in [-0.4, -0.2) is 9.55 Å². The van der Waals surface area contributed by atoms with Gasteiger partial charge in [0.15, 0.2) is 0 Å². The number of aryl methyl sites for hydroxylation is 1. The number of fused-ring (bicyclic) bond motifs is 1. The van der Waals surface area contributed by atoms with Crippen LogP contribution in [0.3, 0.4) is 0 Å². The van der Waals surface area contributed by atoms with Crippen LogP contribution in [0.2, 0.25) is 0 Å². The lowest BCUT2D eigenvalue weighted by Gasteiger charge is -2.11. The van der Waals surface area contributed by atoms with Gasteiger partial charge in [0.05, 0.1) is 10.9 Å². The highest BCUT2D eigenvalue weighted by Gasteiger charge is 2.12. The molecule has 0 spiro atoms. The predicted molar refractivity (Wildman–Crippen MR) is 87.2 cm³/mol. The van der Waals surface area contributed by atoms with E-state index in [1.54, 1.807) is 17.7 Å². The Labute approximate surface area is 123 Å². The molecule has 3 nitrogen and oxygen atoms in total. The summed E-state index contributed by atoms with van der Waals surface area (Å²) in [6.45, 7) is 5.80. The van der Waals surface area contributed by atoms with E-state index in [0.717, 1.165) is 16.7 Å². The van der Waals surface area contributed by atoms with Crippen LogP contribution >= 0.6 is 0 Å². The van der Waals surface area contributed by atoms with Crippen molar-refractivity contribution in [3.8, 4) is 11.4 Å². The van der Waals surface area contributed by atoms with Crippen molar-refractivity contribution in [3.63, 3.8) is 0 Å². The van der Waals surface area contributed by atoms with E-state index in [4.69, 9.17) is 4.98 Å². The van der Waals surface area contributed by atoms with Gasteiger partial charge >= 0.3 is 0 Å². The fourth-order valence-electron chi connectivity index (χ4n) is 2.55. The van der Waals surface area contributed by atoms with Crippen LogP contribution in [0.15, 0.2) is 53.8 Å². The summed E-state index contributed by atoms with van der Waals surface area (Å²) >= 11 is 0. The molecule has 1 heterocycles. The van der Waals surface area contributed by atoms with E-state index in [9.17, 15) is 4.79 Å². The van der Waals surface area contributed by atoms with Crippen molar-refractivity contribution in [1.29, 1.82) is 0 Å². The molecule has 1 aromatic heterocycles. The highest BCUT2D eigenvalue weighted by molar-refractivity contribution is 5.88. The van der Waals surface area contributed by atoms with Crippen molar-refractivity contribution in [1.82, 2.24) is 9.55 Å². The molecule has 0 fully saturated rings. The topological polar surface area (TPSA) is 34.9 Å². The normalized spacial score (nSPS) is 10.8. The van der Waals surface area contributed by atoms with Crippen molar-refractivity contribution in [2.45, 2.75) is 6.92 Å². The molecule has 0 atom stereocenters. The van der Waals surface area contributed by atoms with E-state index >= 15 is 0 Å². The SMILES string of the molecule is C=Cc1cc(C)cc2c(=O)n(C)c(-c3ccccc3)nc12. The Morgan fingerprint density at radius 3 is 2.57 bits per heavy atom. The largest absolute Gasteiger partial charge is 0.295 e. The molecule has 0 radical (unpaired) electrons. The molecule has 0 amide bonds. The minimum Gasteiger partial charge on any atom is -0.295 e. The van der Waals surface area contributed by atoms with Gasteiger partial charge in [0.2, 0.25) is 0 Å². The van der Waals surface area contributed by atoms with E-state index in [1.807, 2.05) is 49.4 Å². The van der Waals surface area contributed by atoms with Crippen LogP contribution < -0.4 is 5.56 Å². The molecule has 0 aliphatic heterocycles. The zero-order chi connectivity index (χ0) is 15.0. The van der Waals surface area contributed by atoms with Crippen molar-refractivity contribution in [2.75, 3.05) is 0 Å². The van der Waals surface area contributed by atoms with Crippen molar-refractivity contribution >= 4 is 17.0 Å². The summed E-state index contributed by atoms with van der Waals surface area (Å²) in [4.78, 5) is 17.3. The molecule has 3 heteroatoms. The minimum absolute atomic E-state index is 0.0364. The third kappa shape index (κ3) is 2.17. The lowest BCUT2D eigenvalue weighted by atomic mass is 10.1. The maximum absolute atomic E-state index is 12.6. The Morgan fingerprint density at radius 1 is 1.19 bits per heavy atom. The van der Waals surface area contributed by atoms with Gasteiger partial charge in [-0.1, -0.05) is 43.0 Å². The van der Waals surface area contributed by atoms with Crippen molar-refractivity contribution in [2.24, 2.45) is 7.05 Å². The summed E-state index contributed by atoms with van der Waals surface area (Å²) in [7, 11) is 1.76. The van der Waals surface area contributed by atoms with Crippen molar-refractivity contribution in [3.05, 3.63) is 70.5 Å². The fraction of sp³-hybridized carbons (Fsp3) is 0.111. The molecule has 3 aromatic rings. The maximum Gasteiger partial charge on any atom is 0.261 e. The Balaban J connectivity index is 2.45. The number of hydrogen-bond acceptors (Lipinski definition) is 2. The van der Waals surface area contributed by atoms with Gasteiger partial charge in [-0.05, 0) is 24.6 Å². The van der Waals surface area contributed by atoms with Crippen LogP contribution in [0.4, 0.5) is 0 Å². The molecule has 2 aromatic carbocycles. The van der Waals surface area contributed by atoms with Crippen LogP contribution in [0, 0.1) is 6.92 Å². The second-order valence-electron chi connectivity index (χ2n) is 5.12. The molecule has 0 saturated heterocycles. The molecule has 104 valence electrons. The average molecular weight is 276 g/mol. The summed E-state index contributed by atoms with van der Waals surface area (Å²) in [6.07, 6.45) is 1.75. The fourth-order valence-corrected chi connectivity index (χ4v) is 2.55. The molecule has 0 aliphatic carbocycles. The molecule has 3 rings (SSSR count). The third-order valence-electron chi connectivity index (χ3n) is 3.61. The van der Waals surface area contributed by atoms with Gasteiger partial charge in [0.1, 0.15) is 5.82 Å². The second kappa shape index (κ2) is 5.02. The van der Waals surface area contributed by atoms with Gasteiger partial charge in [-0.15, -0.1) is 0 Å². The lowest BCUT2D eigenvalue weighted by molar-refractivity contribution is 0.855. The highest BCUT2D eigenvalue weighted by Crippen LogP contribution is 2.22. The van der Waals surface area contributed by atoms with Gasteiger partial charge in [-0.3, -0.25) is 9.36 Å². The molecule has 21 heavy (non-hydrogen) atoms. The monoisotopic (exact) mass is 276 g/mol. The first-order chi connectivity index (χ1) is 10.1. The van der Waals surface area contributed by atoms with E-state index in [0.29, 0.717) is 16.7 Å². The average Bonchev–Trinajstić information content (AvgIpc) is 2.51. The standard InChI is InChI=1S/C18H16N2O/c1-4-13-10-12(2)11-15-16(13)19-17(20(3)18(15)21)14-8-6-5-7-9-14/h4-11H,1H2,2-3H3. The number of aromatic nitrogens is 2. The summed E-state index contributed by atoms with van der Waals surface area (Å²) < 4.78 is 1.60. The molecule has 0 aliphatic rings. The van der Waals surface area contributed by atoms with E-state index in [-0.39, 0.29) is 5.56 Å². The summed E-state index contributed by atoms with van der Waals surface area (Å²) in [5.74, 6) is 0.667. The number of rotatable bonds is 2. The molecule has 0 bridgehead atoms. The van der Waals surface area contributed by atoms with Gasteiger partial charge in [-0.25, -0.2) is 4.98 Å². The van der Waals surface area contributed by atoms with E-state index in [2.05, 4.69) is 6.58 Å². The first kappa shape index (κ1) is 13.3. The van der Waals surface area contributed by atoms with Gasteiger partial charge in [0.25, 0.3) is 5.56 Å². The smallest absolute Gasteiger partial charge is 0.261 e. The molecule has 0 saturated carbocycles. The van der Waals surface area contributed by atoms with Crippen LogP contribution in [0.25, 0.3) is 28.4 Å². The van der Waals surface area contributed by atoms with Gasteiger partial charge in [-0.2, -0.15) is 0 Å². The van der Waals surface area contributed by atoms with Crippen LogP contribution in [0.5, 0.6) is 0 Å². The highest BCUT2D eigenvalue weighted by atomic mass is 16.1. The second-order valence-corrected chi connectivity index (χ2v) is 5.12. The first-order valence-electron chi connectivity index (χ1n) is 6.81. The third-order valence-corrected chi connectivity index (χ3v) is 3.61. The Kier molecular flexibility index (Phi) is 3.18. The predicted octanol–water partition coefficient (Wildman–Crippen LogP) is 3.55. The molecule has 0 unspecified atom stereocenters. The zero-order valence-electron chi connectivity index (χ0n) is 12.1.